The molecule has 5 nitrogen and oxygen atoms in total. The number of hydrogen-bond acceptors (Lipinski definition) is 6. The van der Waals surface area contributed by atoms with E-state index in [1.165, 1.54) is 28.0 Å². The molecule has 1 aromatic carbocycles. The molecule has 1 amide bonds. The lowest BCUT2D eigenvalue weighted by Crippen LogP contribution is -2.14. The number of nitriles is 2. The van der Waals surface area contributed by atoms with Gasteiger partial charge in [-0.25, -0.2) is 4.98 Å². The van der Waals surface area contributed by atoms with Crippen LogP contribution in [0.3, 0.4) is 0 Å². The SMILES string of the molecule is Cc1cc(-c2ccc(Cl)cc2)c(C#N)c(SCC(=O)Nc2sc3c(c2C#N)CCC3)n1. The minimum Gasteiger partial charge on any atom is -0.316 e. The first-order valence-corrected chi connectivity index (χ1v) is 11.8. The van der Waals surface area contributed by atoms with Crippen molar-refractivity contribution < 1.29 is 4.79 Å². The van der Waals surface area contributed by atoms with Crippen molar-refractivity contribution >= 4 is 45.6 Å². The lowest BCUT2D eigenvalue weighted by molar-refractivity contribution is -0.113. The van der Waals surface area contributed by atoms with Gasteiger partial charge in [0.05, 0.1) is 16.9 Å². The fourth-order valence-electron chi connectivity index (χ4n) is 3.62. The van der Waals surface area contributed by atoms with Crippen LogP contribution in [0.15, 0.2) is 35.4 Å². The molecule has 0 bridgehead atoms. The van der Waals surface area contributed by atoms with Gasteiger partial charge in [0.25, 0.3) is 0 Å². The first kappa shape index (κ1) is 21.4. The highest BCUT2D eigenvalue weighted by atomic mass is 35.5. The summed E-state index contributed by atoms with van der Waals surface area (Å²) in [6.45, 7) is 1.86. The van der Waals surface area contributed by atoms with Crippen LogP contribution >= 0.6 is 34.7 Å². The highest BCUT2D eigenvalue weighted by Gasteiger charge is 2.23. The number of halogens is 1. The topological polar surface area (TPSA) is 89.6 Å². The smallest absolute Gasteiger partial charge is 0.235 e. The Labute approximate surface area is 193 Å². The molecule has 2 aromatic heterocycles. The van der Waals surface area contributed by atoms with Gasteiger partial charge >= 0.3 is 0 Å². The van der Waals surface area contributed by atoms with Crippen LogP contribution in [0, 0.1) is 29.6 Å². The first-order valence-electron chi connectivity index (χ1n) is 9.65. The van der Waals surface area contributed by atoms with Crippen LogP contribution in [0.4, 0.5) is 5.00 Å². The molecular weight excluding hydrogens is 448 g/mol. The summed E-state index contributed by atoms with van der Waals surface area (Å²) in [5.74, 6) is -0.125. The van der Waals surface area contributed by atoms with E-state index >= 15 is 0 Å². The van der Waals surface area contributed by atoms with Crippen LogP contribution in [0.2, 0.25) is 5.02 Å². The van der Waals surface area contributed by atoms with Crippen LogP contribution in [0.5, 0.6) is 0 Å². The van der Waals surface area contributed by atoms with Crippen molar-refractivity contribution in [1.82, 2.24) is 4.98 Å². The van der Waals surface area contributed by atoms with Crippen molar-refractivity contribution in [2.75, 3.05) is 11.1 Å². The van der Waals surface area contributed by atoms with Crippen LogP contribution < -0.4 is 5.32 Å². The second kappa shape index (κ2) is 9.11. The van der Waals surface area contributed by atoms with Crippen molar-refractivity contribution in [2.24, 2.45) is 0 Å². The molecule has 2 heterocycles. The Morgan fingerprint density at radius 2 is 1.97 bits per heavy atom. The normalized spacial score (nSPS) is 12.1. The van der Waals surface area contributed by atoms with Gasteiger partial charge in [-0.1, -0.05) is 35.5 Å². The van der Waals surface area contributed by atoms with Gasteiger partial charge in [-0.05, 0) is 55.5 Å². The van der Waals surface area contributed by atoms with Crippen molar-refractivity contribution in [3.63, 3.8) is 0 Å². The lowest BCUT2D eigenvalue weighted by Gasteiger charge is -2.11. The zero-order chi connectivity index (χ0) is 22.0. The Balaban J connectivity index is 1.54. The third-order valence-electron chi connectivity index (χ3n) is 5.01. The van der Waals surface area contributed by atoms with E-state index in [0.29, 0.717) is 26.2 Å². The molecule has 31 heavy (non-hydrogen) atoms. The van der Waals surface area contributed by atoms with Gasteiger partial charge in [0.1, 0.15) is 22.2 Å². The summed E-state index contributed by atoms with van der Waals surface area (Å²) in [6.07, 6.45) is 2.92. The second-order valence-corrected chi connectivity index (χ2v) is 9.63. The number of hydrogen-bond donors (Lipinski definition) is 1. The Hall–Kier alpha value is -2.84. The molecule has 154 valence electrons. The van der Waals surface area contributed by atoms with Gasteiger partial charge < -0.3 is 5.32 Å². The Morgan fingerprint density at radius 1 is 1.23 bits per heavy atom. The number of thiophene rings is 1. The van der Waals surface area contributed by atoms with E-state index in [1.807, 2.05) is 25.1 Å². The zero-order valence-corrected chi connectivity index (χ0v) is 19.0. The van der Waals surface area contributed by atoms with E-state index in [1.54, 1.807) is 12.1 Å². The standard InChI is InChI=1S/C23H17ClN4OS2/c1-13-9-17(14-5-7-15(24)8-6-14)19(11-26)22(27-13)30-12-21(29)28-23-18(10-25)16-3-2-4-20(16)31-23/h5-9H,2-4,12H2,1H3,(H,28,29). The molecule has 0 atom stereocenters. The number of rotatable bonds is 5. The third kappa shape index (κ3) is 4.45. The van der Waals surface area contributed by atoms with E-state index in [0.717, 1.165) is 41.6 Å². The number of benzene rings is 1. The van der Waals surface area contributed by atoms with Gasteiger partial charge in [-0.3, -0.25) is 4.79 Å². The zero-order valence-electron chi connectivity index (χ0n) is 16.7. The lowest BCUT2D eigenvalue weighted by atomic mass is 10.0. The van der Waals surface area contributed by atoms with Crippen molar-refractivity contribution in [2.45, 2.75) is 31.2 Å². The summed E-state index contributed by atoms with van der Waals surface area (Å²) in [4.78, 5) is 18.3. The number of aryl methyl sites for hydroxylation is 2. The minimum atomic E-state index is -0.221. The van der Waals surface area contributed by atoms with E-state index in [2.05, 4.69) is 22.4 Å². The summed E-state index contributed by atoms with van der Waals surface area (Å²) in [6, 6.07) is 13.6. The molecule has 0 radical (unpaired) electrons. The fraction of sp³-hybridized carbons (Fsp3) is 0.217. The summed E-state index contributed by atoms with van der Waals surface area (Å²) >= 11 is 8.70. The van der Waals surface area contributed by atoms with Crippen LogP contribution in [0.1, 0.15) is 33.7 Å². The van der Waals surface area contributed by atoms with E-state index < -0.39 is 0 Å². The number of pyridine rings is 1. The maximum absolute atomic E-state index is 12.6. The molecule has 0 aliphatic heterocycles. The summed E-state index contributed by atoms with van der Waals surface area (Å²) < 4.78 is 0. The number of carbonyl (C=O) groups is 1. The molecule has 0 fully saturated rings. The van der Waals surface area contributed by atoms with Gasteiger partial charge in [0.2, 0.25) is 5.91 Å². The Bertz CT molecular complexity index is 1250. The molecule has 1 N–H and O–H groups in total. The summed E-state index contributed by atoms with van der Waals surface area (Å²) in [5.41, 5.74) is 4.48. The highest BCUT2D eigenvalue weighted by Crippen LogP contribution is 2.39. The summed E-state index contributed by atoms with van der Waals surface area (Å²) in [7, 11) is 0. The Kier molecular flexibility index (Phi) is 6.29. The van der Waals surface area contributed by atoms with E-state index in [9.17, 15) is 15.3 Å². The molecule has 1 aliphatic rings. The third-order valence-corrected chi connectivity index (χ3v) is 7.44. The van der Waals surface area contributed by atoms with Gasteiger partial charge in [-0.2, -0.15) is 10.5 Å². The number of nitrogens with one attached hydrogen (secondary N) is 1. The maximum atomic E-state index is 12.6. The van der Waals surface area contributed by atoms with E-state index in [-0.39, 0.29) is 11.7 Å². The number of amides is 1. The van der Waals surface area contributed by atoms with Crippen LogP contribution in [0.25, 0.3) is 11.1 Å². The fourth-order valence-corrected chi connectivity index (χ4v) is 5.85. The number of fused-ring (bicyclic) bond motifs is 1. The largest absolute Gasteiger partial charge is 0.316 e. The number of nitrogens with zero attached hydrogens (tertiary/aromatic N) is 3. The van der Waals surface area contributed by atoms with Crippen molar-refractivity contribution in [3.05, 3.63) is 62.6 Å². The van der Waals surface area contributed by atoms with Crippen molar-refractivity contribution in [3.8, 4) is 23.3 Å². The summed E-state index contributed by atoms with van der Waals surface area (Å²) in [5, 5.41) is 23.9. The molecule has 8 heteroatoms. The molecular formula is C23H17ClN4OS2. The average molecular weight is 465 g/mol. The monoisotopic (exact) mass is 464 g/mol. The maximum Gasteiger partial charge on any atom is 0.235 e. The predicted molar refractivity (Wildman–Crippen MR) is 125 cm³/mol. The minimum absolute atomic E-state index is 0.0959. The molecule has 0 saturated heterocycles. The molecule has 0 unspecified atom stereocenters. The number of anilines is 1. The van der Waals surface area contributed by atoms with Gasteiger partial charge in [0.15, 0.2) is 0 Å². The first-order chi connectivity index (χ1) is 15.0. The molecule has 3 aromatic rings. The number of thioether (sulfide) groups is 1. The molecule has 1 aliphatic carbocycles. The molecule has 0 spiro atoms. The quantitative estimate of drug-likeness (QED) is 0.486. The van der Waals surface area contributed by atoms with Crippen LogP contribution in [-0.4, -0.2) is 16.6 Å². The molecule has 0 saturated carbocycles. The van der Waals surface area contributed by atoms with E-state index in [4.69, 9.17) is 11.6 Å². The van der Waals surface area contributed by atoms with Crippen molar-refractivity contribution in [1.29, 1.82) is 10.5 Å². The number of aromatic nitrogens is 1. The Morgan fingerprint density at radius 3 is 2.68 bits per heavy atom. The highest BCUT2D eigenvalue weighted by molar-refractivity contribution is 8.00. The second-order valence-electron chi connectivity index (χ2n) is 7.12. The van der Waals surface area contributed by atoms with Gasteiger partial charge in [-0.15, -0.1) is 11.3 Å². The molecule has 4 rings (SSSR count). The average Bonchev–Trinajstić information content (AvgIpc) is 3.33. The number of carbonyl (C=O) groups excluding carboxylic acids is 1. The van der Waals surface area contributed by atoms with Gasteiger partial charge in [0, 0.05) is 21.2 Å². The van der Waals surface area contributed by atoms with Crippen LogP contribution in [-0.2, 0) is 17.6 Å². The predicted octanol–water partition coefficient (Wildman–Crippen LogP) is 5.73.